The van der Waals surface area contributed by atoms with E-state index in [1.165, 1.54) is 18.9 Å². The van der Waals surface area contributed by atoms with Crippen LogP contribution >= 0.6 is 0 Å². The van der Waals surface area contributed by atoms with Gasteiger partial charge in [0.15, 0.2) is 0 Å². The lowest BCUT2D eigenvalue weighted by Gasteiger charge is -2.30. The van der Waals surface area contributed by atoms with Crippen LogP contribution in [0.1, 0.15) is 12.8 Å². The summed E-state index contributed by atoms with van der Waals surface area (Å²) in [6, 6.07) is 3.30. The predicted molar refractivity (Wildman–Crippen MR) is 65.5 cm³/mol. The number of anilines is 1. The molecule has 0 radical (unpaired) electrons. The largest absolute Gasteiger partial charge is 0.370 e. The van der Waals surface area contributed by atoms with Crippen molar-refractivity contribution in [3.8, 4) is 0 Å². The first-order valence-corrected chi connectivity index (χ1v) is 6.38. The van der Waals surface area contributed by atoms with Gasteiger partial charge >= 0.3 is 0 Å². The molecule has 2 aliphatic rings. The smallest absolute Gasteiger partial charge is 0.212 e. The van der Waals surface area contributed by atoms with Crippen molar-refractivity contribution in [2.45, 2.75) is 12.8 Å². The number of fused-ring (bicyclic) bond motifs is 3. The highest BCUT2D eigenvalue weighted by atomic mass is 19.1. The fourth-order valence-electron chi connectivity index (χ4n) is 2.94. The molecule has 1 aromatic heterocycles. The van der Waals surface area contributed by atoms with E-state index in [0.29, 0.717) is 11.8 Å². The summed E-state index contributed by atoms with van der Waals surface area (Å²) in [5.41, 5.74) is 1.06. The van der Waals surface area contributed by atoms with Crippen LogP contribution in [0, 0.1) is 17.8 Å². The average Bonchev–Trinajstić information content (AvgIpc) is 2.63. The summed E-state index contributed by atoms with van der Waals surface area (Å²) in [5.74, 6) is 1.03. The summed E-state index contributed by atoms with van der Waals surface area (Å²) in [6.07, 6.45) is 4.27. The van der Waals surface area contributed by atoms with E-state index in [1.54, 1.807) is 6.20 Å². The number of aromatic nitrogens is 1. The van der Waals surface area contributed by atoms with Gasteiger partial charge in [-0.2, -0.15) is 4.39 Å². The summed E-state index contributed by atoms with van der Waals surface area (Å²) in [4.78, 5) is 6.13. The minimum atomic E-state index is -0.398. The number of nitrogens with one attached hydrogen (secondary N) is 1. The van der Waals surface area contributed by atoms with Gasteiger partial charge in [0.1, 0.15) is 0 Å². The normalized spacial score (nSPS) is 28.9. The highest BCUT2D eigenvalue weighted by Gasteiger charge is 2.27. The Morgan fingerprint density at radius 1 is 1.18 bits per heavy atom. The third kappa shape index (κ3) is 2.41. The molecule has 3 heterocycles. The number of rotatable bonds is 1. The molecular weight excluding hydrogens is 217 g/mol. The van der Waals surface area contributed by atoms with E-state index in [1.807, 2.05) is 6.07 Å². The lowest BCUT2D eigenvalue weighted by molar-refractivity contribution is 0.458. The summed E-state index contributed by atoms with van der Waals surface area (Å²) >= 11 is 0. The molecule has 0 aliphatic carbocycles. The highest BCUT2D eigenvalue weighted by molar-refractivity contribution is 5.44. The SMILES string of the molecule is Fc1ccc(N2CC3CCC(CNC3)C2)cn1. The Hall–Kier alpha value is -1.16. The zero-order valence-electron chi connectivity index (χ0n) is 9.90. The first-order chi connectivity index (χ1) is 8.31. The van der Waals surface area contributed by atoms with E-state index in [-0.39, 0.29) is 0 Å². The Bertz CT molecular complexity index is 365. The Morgan fingerprint density at radius 2 is 1.88 bits per heavy atom. The molecule has 2 saturated heterocycles. The fourth-order valence-corrected chi connectivity index (χ4v) is 2.94. The number of nitrogens with zero attached hydrogens (tertiary/aromatic N) is 2. The Labute approximate surface area is 101 Å². The van der Waals surface area contributed by atoms with Gasteiger partial charge in [0, 0.05) is 13.1 Å². The Morgan fingerprint density at radius 3 is 2.47 bits per heavy atom. The minimum Gasteiger partial charge on any atom is -0.370 e. The van der Waals surface area contributed by atoms with Gasteiger partial charge in [0.05, 0.1) is 11.9 Å². The topological polar surface area (TPSA) is 28.2 Å². The summed E-state index contributed by atoms with van der Waals surface area (Å²) in [5, 5.41) is 3.53. The molecule has 92 valence electrons. The standard InChI is InChI=1S/C13H18FN3/c14-13-4-3-12(7-16-13)17-8-10-1-2-11(9-17)6-15-5-10/h3-4,7,10-11,15H,1-2,5-6,8-9H2. The number of hydrogen-bond acceptors (Lipinski definition) is 3. The molecule has 2 atom stereocenters. The van der Waals surface area contributed by atoms with Crippen molar-refractivity contribution in [1.29, 1.82) is 0 Å². The van der Waals surface area contributed by atoms with Crippen LogP contribution in [0.25, 0.3) is 0 Å². The van der Waals surface area contributed by atoms with Gasteiger partial charge in [0.25, 0.3) is 0 Å². The van der Waals surface area contributed by atoms with Crippen LogP contribution in [0.4, 0.5) is 10.1 Å². The van der Waals surface area contributed by atoms with Crippen LogP contribution in [-0.2, 0) is 0 Å². The van der Waals surface area contributed by atoms with Crippen molar-refractivity contribution in [2.75, 3.05) is 31.1 Å². The fraction of sp³-hybridized carbons (Fsp3) is 0.615. The lowest BCUT2D eigenvalue weighted by atomic mass is 10.0. The first kappa shape index (κ1) is 11.0. The van der Waals surface area contributed by atoms with Crippen molar-refractivity contribution in [2.24, 2.45) is 11.8 Å². The average molecular weight is 235 g/mol. The highest BCUT2D eigenvalue weighted by Crippen LogP contribution is 2.26. The second-order valence-electron chi connectivity index (χ2n) is 5.21. The quantitative estimate of drug-likeness (QED) is 0.750. The lowest BCUT2D eigenvalue weighted by Crippen LogP contribution is -2.40. The van der Waals surface area contributed by atoms with Crippen LogP contribution in [-0.4, -0.2) is 31.2 Å². The Balaban J connectivity index is 1.81. The molecule has 0 aromatic carbocycles. The molecule has 1 aromatic rings. The number of halogens is 1. The molecule has 2 fully saturated rings. The van der Waals surface area contributed by atoms with Crippen LogP contribution < -0.4 is 10.2 Å². The molecule has 2 aliphatic heterocycles. The molecule has 0 spiro atoms. The van der Waals surface area contributed by atoms with E-state index in [4.69, 9.17) is 0 Å². The molecule has 1 N–H and O–H groups in total. The van der Waals surface area contributed by atoms with Crippen molar-refractivity contribution in [3.63, 3.8) is 0 Å². The van der Waals surface area contributed by atoms with Gasteiger partial charge in [-0.15, -0.1) is 0 Å². The summed E-state index contributed by atoms with van der Waals surface area (Å²) in [7, 11) is 0. The Kier molecular flexibility index (Phi) is 2.97. The predicted octanol–water partition coefficient (Wildman–Crippen LogP) is 1.66. The van der Waals surface area contributed by atoms with E-state index < -0.39 is 5.95 Å². The van der Waals surface area contributed by atoms with E-state index in [9.17, 15) is 4.39 Å². The van der Waals surface area contributed by atoms with Crippen LogP contribution in [0.2, 0.25) is 0 Å². The van der Waals surface area contributed by atoms with Gasteiger partial charge < -0.3 is 10.2 Å². The maximum atomic E-state index is 12.8. The van der Waals surface area contributed by atoms with E-state index >= 15 is 0 Å². The zero-order chi connectivity index (χ0) is 11.7. The monoisotopic (exact) mass is 235 g/mol. The maximum absolute atomic E-state index is 12.8. The number of hydrogen-bond donors (Lipinski definition) is 1. The summed E-state index contributed by atoms with van der Waals surface area (Å²) < 4.78 is 12.8. The van der Waals surface area contributed by atoms with Crippen molar-refractivity contribution in [3.05, 3.63) is 24.3 Å². The molecule has 4 heteroatoms. The molecule has 3 rings (SSSR count). The van der Waals surface area contributed by atoms with E-state index in [2.05, 4.69) is 15.2 Å². The molecule has 0 saturated carbocycles. The van der Waals surface area contributed by atoms with Crippen LogP contribution in [0.15, 0.2) is 18.3 Å². The molecule has 0 amide bonds. The van der Waals surface area contributed by atoms with Crippen LogP contribution in [0.3, 0.4) is 0 Å². The molecule has 17 heavy (non-hydrogen) atoms. The minimum absolute atomic E-state index is 0.398. The van der Waals surface area contributed by atoms with E-state index in [0.717, 1.165) is 31.9 Å². The third-order valence-electron chi connectivity index (χ3n) is 3.88. The second kappa shape index (κ2) is 4.61. The van der Waals surface area contributed by atoms with Crippen molar-refractivity contribution < 1.29 is 4.39 Å². The molecule has 2 bridgehead atoms. The van der Waals surface area contributed by atoms with Crippen molar-refractivity contribution in [1.82, 2.24) is 10.3 Å². The van der Waals surface area contributed by atoms with Gasteiger partial charge in [-0.1, -0.05) is 0 Å². The molecule has 3 nitrogen and oxygen atoms in total. The summed E-state index contributed by atoms with van der Waals surface area (Å²) in [6.45, 7) is 4.36. The number of pyridine rings is 1. The second-order valence-corrected chi connectivity index (χ2v) is 5.21. The molecular formula is C13H18FN3. The first-order valence-electron chi connectivity index (χ1n) is 6.38. The zero-order valence-corrected chi connectivity index (χ0v) is 9.90. The van der Waals surface area contributed by atoms with Crippen molar-refractivity contribution >= 4 is 5.69 Å². The van der Waals surface area contributed by atoms with Gasteiger partial charge in [-0.25, -0.2) is 4.98 Å². The van der Waals surface area contributed by atoms with Gasteiger partial charge in [-0.05, 0) is 49.9 Å². The van der Waals surface area contributed by atoms with Gasteiger partial charge in [-0.3, -0.25) is 0 Å². The maximum Gasteiger partial charge on any atom is 0.212 e. The third-order valence-corrected chi connectivity index (χ3v) is 3.88. The molecule has 2 unspecified atom stereocenters. The van der Waals surface area contributed by atoms with Crippen LogP contribution in [0.5, 0.6) is 0 Å². The van der Waals surface area contributed by atoms with Gasteiger partial charge in [0.2, 0.25) is 5.95 Å².